The zero-order valence-electron chi connectivity index (χ0n) is 12.7. The van der Waals surface area contributed by atoms with Crippen molar-refractivity contribution in [3.05, 3.63) is 63.6 Å². The number of aliphatic carboxylic acids is 1. The van der Waals surface area contributed by atoms with Crippen LogP contribution in [0.4, 0.5) is 0 Å². The number of carboxylic acids is 1. The topological polar surface area (TPSA) is 74.7 Å². The summed E-state index contributed by atoms with van der Waals surface area (Å²) in [6.45, 7) is 0.897. The molecule has 24 heavy (non-hydrogen) atoms. The Kier molecular flexibility index (Phi) is 5.87. The highest BCUT2D eigenvalue weighted by Crippen LogP contribution is 2.28. The van der Waals surface area contributed by atoms with Gasteiger partial charge in [0, 0.05) is 22.2 Å². The first-order valence-corrected chi connectivity index (χ1v) is 9.13. The van der Waals surface area contributed by atoms with Gasteiger partial charge < -0.3 is 5.11 Å². The predicted octanol–water partition coefficient (Wildman–Crippen LogP) is 3.58. The highest BCUT2D eigenvalue weighted by atomic mass is 35.5. The molecule has 2 aromatic carbocycles. The van der Waals surface area contributed by atoms with Crippen LogP contribution in [0.25, 0.3) is 0 Å². The Bertz CT molecular complexity index is 831. The van der Waals surface area contributed by atoms with Crippen molar-refractivity contribution in [2.75, 3.05) is 6.54 Å². The molecule has 0 saturated carbocycles. The fourth-order valence-electron chi connectivity index (χ4n) is 2.10. The summed E-state index contributed by atoms with van der Waals surface area (Å²) in [7, 11) is -4.01. The maximum absolute atomic E-state index is 12.8. The first-order valence-electron chi connectivity index (χ1n) is 6.93. The summed E-state index contributed by atoms with van der Waals surface area (Å²) in [5.74, 6) is -1.27. The van der Waals surface area contributed by atoms with Crippen molar-refractivity contribution in [2.45, 2.75) is 18.4 Å². The van der Waals surface area contributed by atoms with E-state index in [0.717, 1.165) is 9.87 Å². The number of sulfonamides is 1. The third-order valence-corrected chi connectivity index (χ3v) is 5.88. The molecule has 1 N–H and O–H groups in total. The van der Waals surface area contributed by atoms with Crippen LogP contribution in [0.1, 0.15) is 11.1 Å². The van der Waals surface area contributed by atoms with Gasteiger partial charge in [0.15, 0.2) is 0 Å². The molecular formula is C16H15Cl2NO4S. The molecule has 0 spiro atoms. The Balaban J connectivity index is 2.45. The minimum Gasteiger partial charge on any atom is -0.480 e. The predicted molar refractivity (Wildman–Crippen MR) is 92.9 cm³/mol. The summed E-state index contributed by atoms with van der Waals surface area (Å²) in [4.78, 5) is 11.1. The zero-order valence-corrected chi connectivity index (χ0v) is 15.1. The minimum absolute atomic E-state index is 0.0116. The van der Waals surface area contributed by atoms with Crippen molar-refractivity contribution < 1.29 is 18.3 Å². The molecular weight excluding hydrogens is 373 g/mol. The van der Waals surface area contributed by atoms with E-state index in [1.165, 1.54) is 12.1 Å². The molecule has 0 saturated heterocycles. The Morgan fingerprint density at radius 1 is 1.08 bits per heavy atom. The number of carboxylic acid groups (broad SMARTS) is 1. The zero-order chi connectivity index (χ0) is 17.9. The number of aryl methyl sites for hydroxylation is 1. The van der Waals surface area contributed by atoms with Crippen LogP contribution in [0.2, 0.25) is 10.0 Å². The lowest BCUT2D eigenvalue weighted by atomic mass is 10.2. The molecule has 0 bridgehead atoms. The molecule has 5 nitrogen and oxygen atoms in total. The van der Waals surface area contributed by atoms with E-state index < -0.39 is 22.5 Å². The standard InChI is InChI=1S/C16H15Cl2NO4S/c1-11-5-7-12(8-6-11)24(22,23)19(10-16(20)21)9-13-14(17)3-2-4-15(13)18/h2-8H,9-10H2,1H3,(H,20,21). The highest BCUT2D eigenvalue weighted by Gasteiger charge is 2.28. The number of hydrogen-bond acceptors (Lipinski definition) is 3. The molecule has 128 valence electrons. The van der Waals surface area contributed by atoms with Gasteiger partial charge in [-0.1, -0.05) is 47.0 Å². The molecule has 0 fully saturated rings. The number of rotatable bonds is 6. The van der Waals surface area contributed by atoms with Gasteiger partial charge >= 0.3 is 5.97 Å². The van der Waals surface area contributed by atoms with E-state index in [1.54, 1.807) is 30.3 Å². The molecule has 0 aliphatic heterocycles. The van der Waals surface area contributed by atoms with Gasteiger partial charge in [0.2, 0.25) is 10.0 Å². The fourth-order valence-corrected chi connectivity index (χ4v) is 3.97. The monoisotopic (exact) mass is 387 g/mol. The van der Waals surface area contributed by atoms with Crippen LogP contribution in [-0.2, 0) is 21.4 Å². The maximum atomic E-state index is 12.8. The molecule has 2 aromatic rings. The van der Waals surface area contributed by atoms with Crippen LogP contribution in [0, 0.1) is 6.92 Å². The number of halogens is 2. The largest absolute Gasteiger partial charge is 0.480 e. The maximum Gasteiger partial charge on any atom is 0.318 e. The number of benzene rings is 2. The Morgan fingerprint density at radius 3 is 2.12 bits per heavy atom. The highest BCUT2D eigenvalue weighted by molar-refractivity contribution is 7.89. The molecule has 8 heteroatoms. The van der Waals surface area contributed by atoms with E-state index in [1.807, 2.05) is 6.92 Å². The van der Waals surface area contributed by atoms with Gasteiger partial charge in [-0.05, 0) is 31.2 Å². The summed E-state index contributed by atoms with van der Waals surface area (Å²) >= 11 is 12.1. The SMILES string of the molecule is Cc1ccc(S(=O)(=O)N(CC(=O)O)Cc2c(Cl)cccc2Cl)cc1. The lowest BCUT2D eigenvalue weighted by Gasteiger charge is -2.21. The van der Waals surface area contributed by atoms with E-state index >= 15 is 0 Å². The number of nitrogens with zero attached hydrogens (tertiary/aromatic N) is 1. The van der Waals surface area contributed by atoms with E-state index in [0.29, 0.717) is 5.56 Å². The molecule has 0 atom stereocenters. The van der Waals surface area contributed by atoms with Crippen molar-refractivity contribution in [2.24, 2.45) is 0 Å². The molecule has 0 radical (unpaired) electrons. The van der Waals surface area contributed by atoms with Gasteiger partial charge in [0.1, 0.15) is 6.54 Å². The van der Waals surface area contributed by atoms with Crippen LogP contribution in [-0.4, -0.2) is 30.3 Å². The van der Waals surface area contributed by atoms with Crippen molar-refractivity contribution in [3.63, 3.8) is 0 Å². The molecule has 0 aliphatic rings. The Hall–Kier alpha value is -1.60. The summed E-state index contributed by atoms with van der Waals surface area (Å²) < 4.78 is 26.4. The van der Waals surface area contributed by atoms with Crippen LogP contribution < -0.4 is 0 Å². The second kappa shape index (κ2) is 7.53. The summed E-state index contributed by atoms with van der Waals surface area (Å²) in [5, 5.41) is 9.63. The number of carbonyl (C=O) groups is 1. The van der Waals surface area contributed by atoms with Crippen LogP contribution in [0.5, 0.6) is 0 Å². The molecule has 0 amide bonds. The average molecular weight is 388 g/mol. The second-order valence-electron chi connectivity index (χ2n) is 5.18. The summed E-state index contributed by atoms with van der Waals surface area (Å²) in [5.41, 5.74) is 1.26. The van der Waals surface area contributed by atoms with Crippen molar-refractivity contribution in [1.29, 1.82) is 0 Å². The molecule has 0 aliphatic carbocycles. The third-order valence-electron chi connectivity index (χ3n) is 3.37. The van der Waals surface area contributed by atoms with Crippen LogP contribution in [0.15, 0.2) is 47.4 Å². The molecule has 0 unspecified atom stereocenters. The van der Waals surface area contributed by atoms with Gasteiger partial charge in [-0.3, -0.25) is 4.79 Å². The van der Waals surface area contributed by atoms with Crippen molar-refractivity contribution in [3.8, 4) is 0 Å². The van der Waals surface area contributed by atoms with Gasteiger partial charge in [0.25, 0.3) is 0 Å². The van der Waals surface area contributed by atoms with E-state index in [2.05, 4.69) is 0 Å². The van der Waals surface area contributed by atoms with Crippen LogP contribution >= 0.6 is 23.2 Å². The average Bonchev–Trinajstić information content (AvgIpc) is 2.50. The summed E-state index contributed by atoms with van der Waals surface area (Å²) in [6, 6.07) is 10.9. The third kappa shape index (κ3) is 4.27. The normalized spacial score (nSPS) is 11.7. The van der Waals surface area contributed by atoms with Gasteiger partial charge in [0.05, 0.1) is 4.90 Å². The van der Waals surface area contributed by atoms with E-state index in [4.69, 9.17) is 28.3 Å². The first kappa shape index (κ1) is 18.7. The number of hydrogen-bond donors (Lipinski definition) is 1. The lowest BCUT2D eigenvalue weighted by molar-refractivity contribution is -0.137. The van der Waals surface area contributed by atoms with Gasteiger partial charge in [-0.2, -0.15) is 4.31 Å². The summed E-state index contributed by atoms with van der Waals surface area (Å²) in [6.07, 6.45) is 0. The van der Waals surface area contributed by atoms with Gasteiger partial charge in [-0.25, -0.2) is 8.42 Å². The minimum atomic E-state index is -4.01. The second-order valence-corrected chi connectivity index (χ2v) is 7.93. The fraction of sp³-hybridized carbons (Fsp3) is 0.188. The van der Waals surface area contributed by atoms with Crippen LogP contribution in [0.3, 0.4) is 0 Å². The molecule has 2 rings (SSSR count). The van der Waals surface area contributed by atoms with Crippen molar-refractivity contribution in [1.82, 2.24) is 4.31 Å². The molecule has 0 aromatic heterocycles. The van der Waals surface area contributed by atoms with Gasteiger partial charge in [-0.15, -0.1) is 0 Å². The lowest BCUT2D eigenvalue weighted by Crippen LogP contribution is -2.35. The Morgan fingerprint density at radius 2 is 1.62 bits per heavy atom. The van der Waals surface area contributed by atoms with Crippen molar-refractivity contribution >= 4 is 39.2 Å². The Labute approximate surface area is 150 Å². The molecule has 0 heterocycles. The quantitative estimate of drug-likeness (QED) is 0.821. The van der Waals surface area contributed by atoms with E-state index in [9.17, 15) is 13.2 Å². The smallest absolute Gasteiger partial charge is 0.318 e. The first-order chi connectivity index (χ1) is 11.2. The van der Waals surface area contributed by atoms with E-state index in [-0.39, 0.29) is 21.5 Å².